The van der Waals surface area contributed by atoms with Crippen molar-refractivity contribution in [1.29, 1.82) is 0 Å². The van der Waals surface area contributed by atoms with Crippen molar-refractivity contribution in [3.63, 3.8) is 0 Å². The first-order chi connectivity index (χ1) is 7.34. The predicted octanol–water partition coefficient (Wildman–Crippen LogP) is 4.23. The molecule has 1 fully saturated rings. The molecule has 2 rings (SSSR count). The average Bonchev–Trinajstić information content (AvgIpc) is 2.28. The molecule has 2 aliphatic rings. The lowest BCUT2D eigenvalue weighted by Crippen LogP contribution is -2.14. The summed E-state index contributed by atoms with van der Waals surface area (Å²) in [5.41, 5.74) is 0. The molecule has 0 aromatic heterocycles. The summed E-state index contributed by atoms with van der Waals surface area (Å²) in [6.07, 6.45) is 14.5. The lowest BCUT2D eigenvalue weighted by molar-refractivity contribution is 0.136. The Kier molecular flexibility index (Phi) is 4.54. The number of alkyl halides is 1. The van der Waals surface area contributed by atoms with Crippen LogP contribution in [0.15, 0.2) is 24.0 Å². The topological polar surface area (TPSA) is 9.23 Å². The summed E-state index contributed by atoms with van der Waals surface area (Å²) in [6, 6.07) is 0. The van der Waals surface area contributed by atoms with E-state index in [9.17, 15) is 0 Å². The molecule has 15 heavy (non-hydrogen) atoms. The summed E-state index contributed by atoms with van der Waals surface area (Å²) in [7, 11) is 0. The molecule has 0 aromatic rings. The maximum atomic E-state index is 5.90. The fourth-order valence-corrected chi connectivity index (χ4v) is 2.97. The third-order valence-electron chi connectivity index (χ3n) is 3.23. The van der Waals surface area contributed by atoms with Crippen LogP contribution in [0, 0.1) is 5.92 Å². The summed E-state index contributed by atoms with van der Waals surface area (Å²) in [5.74, 6) is 2.00. The summed E-state index contributed by atoms with van der Waals surface area (Å²) >= 11 is 2.46. The van der Waals surface area contributed by atoms with Crippen molar-refractivity contribution in [1.82, 2.24) is 0 Å². The van der Waals surface area contributed by atoms with E-state index in [1.54, 1.807) is 0 Å². The van der Waals surface area contributed by atoms with Gasteiger partial charge in [0.2, 0.25) is 0 Å². The molecule has 0 aliphatic heterocycles. The van der Waals surface area contributed by atoms with E-state index in [0.717, 1.165) is 18.9 Å². The van der Waals surface area contributed by atoms with Gasteiger partial charge in [0, 0.05) is 10.3 Å². The monoisotopic (exact) mass is 318 g/mol. The van der Waals surface area contributed by atoms with Gasteiger partial charge in [0.25, 0.3) is 0 Å². The molecule has 0 aromatic carbocycles. The first kappa shape index (κ1) is 11.5. The molecule has 0 saturated heterocycles. The van der Waals surface area contributed by atoms with Crippen molar-refractivity contribution in [2.24, 2.45) is 5.92 Å². The maximum absolute atomic E-state index is 5.90. The Hall–Kier alpha value is 0.01000. The normalized spacial score (nSPS) is 27.5. The van der Waals surface area contributed by atoms with Crippen molar-refractivity contribution >= 4 is 22.6 Å². The van der Waals surface area contributed by atoms with E-state index in [4.69, 9.17) is 4.74 Å². The number of ether oxygens (including phenoxy) is 1. The van der Waals surface area contributed by atoms with Crippen molar-refractivity contribution in [3.05, 3.63) is 24.0 Å². The number of rotatable bonds is 3. The number of hydrogen-bond acceptors (Lipinski definition) is 1. The van der Waals surface area contributed by atoms with Gasteiger partial charge in [-0.3, -0.25) is 0 Å². The standard InChI is InChI=1S/C13H19IO/c14-12-7-4-8-13(9-12)15-10-11-5-2-1-3-6-11/h4,7-8,11-12H,1-3,5-6,9-10H2. The summed E-state index contributed by atoms with van der Waals surface area (Å²) in [5, 5.41) is 0. The lowest BCUT2D eigenvalue weighted by atomic mass is 9.90. The second-order valence-electron chi connectivity index (χ2n) is 4.55. The van der Waals surface area contributed by atoms with Crippen molar-refractivity contribution in [2.45, 2.75) is 42.4 Å². The van der Waals surface area contributed by atoms with E-state index in [1.807, 2.05) is 0 Å². The van der Waals surface area contributed by atoms with Gasteiger partial charge in [-0.2, -0.15) is 0 Å². The third kappa shape index (κ3) is 3.82. The highest BCUT2D eigenvalue weighted by Gasteiger charge is 2.15. The smallest absolute Gasteiger partial charge is 0.0973 e. The molecule has 1 saturated carbocycles. The molecule has 0 spiro atoms. The molecular formula is C13H19IO. The number of allylic oxidation sites excluding steroid dienone is 4. The quantitative estimate of drug-likeness (QED) is 0.559. The molecule has 0 heterocycles. The van der Waals surface area contributed by atoms with Crippen LogP contribution in [0.4, 0.5) is 0 Å². The van der Waals surface area contributed by atoms with Gasteiger partial charge in [-0.25, -0.2) is 0 Å². The van der Waals surface area contributed by atoms with Crippen molar-refractivity contribution < 1.29 is 4.74 Å². The Balaban J connectivity index is 1.72. The van der Waals surface area contributed by atoms with E-state index in [2.05, 4.69) is 40.8 Å². The van der Waals surface area contributed by atoms with Gasteiger partial charge < -0.3 is 4.74 Å². The van der Waals surface area contributed by atoms with E-state index in [1.165, 1.54) is 37.9 Å². The van der Waals surface area contributed by atoms with Crippen LogP contribution in [0.2, 0.25) is 0 Å². The molecule has 2 heteroatoms. The van der Waals surface area contributed by atoms with E-state index < -0.39 is 0 Å². The van der Waals surface area contributed by atoms with Crippen molar-refractivity contribution in [2.75, 3.05) is 6.61 Å². The first-order valence-electron chi connectivity index (χ1n) is 5.99. The fraction of sp³-hybridized carbons (Fsp3) is 0.692. The first-order valence-corrected chi connectivity index (χ1v) is 7.23. The summed E-state index contributed by atoms with van der Waals surface area (Å²) in [6.45, 7) is 0.947. The molecule has 0 amide bonds. The zero-order valence-electron chi connectivity index (χ0n) is 9.12. The van der Waals surface area contributed by atoms with Crippen LogP contribution < -0.4 is 0 Å². The highest BCUT2D eigenvalue weighted by molar-refractivity contribution is 14.1. The van der Waals surface area contributed by atoms with Gasteiger partial charge in [-0.15, -0.1) is 0 Å². The van der Waals surface area contributed by atoms with Gasteiger partial charge in [0.15, 0.2) is 0 Å². The minimum absolute atomic E-state index is 0.619. The Morgan fingerprint density at radius 2 is 2.07 bits per heavy atom. The minimum Gasteiger partial charge on any atom is -0.498 e. The van der Waals surface area contributed by atoms with Crippen LogP contribution in [0.25, 0.3) is 0 Å². The molecule has 2 aliphatic carbocycles. The van der Waals surface area contributed by atoms with Crippen LogP contribution in [-0.2, 0) is 4.74 Å². The molecule has 0 N–H and O–H groups in total. The molecule has 0 bridgehead atoms. The van der Waals surface area contributed by atoms with Gasteiger partial charge >= 0.3 is 0 Å². The van der Waals surface area contributed by atoms with Crippen LogP contribution in [-0.4, -0.2) is 10.5 Å². The van der Waals surface area contributed by atoms with Crippen LogP contribution in [0.3, 0.4) is 0 Å². The zero-order valence-corrected chi connectivity index (χ0v) is 11.3. The third-order valence-corrected chi connectivity index (χ3v) is 4.08. The van der Waals surface area contributed by atoms with Crippen LogP contribution in [0.5, 0.6) is 0 Å². The molecule has 1 unspecified atom stereocenters. The number of halogens is 1. The summed E-state index contributed by atoms with van der Waals surface area (Å²) < 4.78 is 6.52. The largest absolute Gasteiger partial charge is 0.498 e. The van der Waals surface area contributed by atoms with Gasteiger partial charge in [-0.1, -0.05) is 54.0 Å². The Morgan fingerprint density at radius 1 is 1.27 bits per heavy atom. The van der Waals surface area contributed by atoms with Gasteiger partial charge in [-0.05, 0) is 24.8 Å². The highest BCUT2D eigenvalue weighted by Crippen LogP contribution is 2.26. The lowest BCUT2D eigenvalue weighted by Gasteiger charge is -2.23. The molecule has 1 nitrogen and oxygen atoms in total. The van der Waals surface area contributed by atoms with Gasteiger partial charge in [0.05, 0.1) is 12.4 Å². The Labute approximate surface area is 106 Å². The number of hydrogen-bond donors (Lipinski definition) is 0. The zero-order chi connectivity index (χ0) is 10.5. The average molecular weight is 318 g/mol. The van der Waals surface area contributed by atoms with Crippen LogP contribution >= 0.6 is 22.6 Å². The Morgan fingerprint density at radius 3 is 2.80 bits per heavy atom. The second-order valence-corrected chi connectivity index (χ2v) is 6.15. The maximum Gasteiger partial charge on any atom is 0.0973 e. The van der Waals surface area contributed by atoms with Crippen LogP contribution in [0.1, 0.15) is 38.5 Å². The van der Waals surface area contributed by atoms with E-state index in [-0.39, 0.29) is 0 Å². The molecule has 1 atom stereocenters. The van der Waals surface area contributed by atoms with Crippen molar-refractivity contribution in [3.8, 4) is 0 Å². The molecule has 0 radical (unpaired) electrons. The van der Waals surface area contributed by atoms with E-state index in [0.29, 0.717) is 3.92 Å². The van der Waals surface area contributed by atoms with E-state index >= 15 is 0 Å². The highest BCUT2D eigenvalue weighted by atomic mass is 127. The molecular weight excluding hydrogens is 299 g/mol. The summed E-state index contributed by atoms with van der Waals surface area (Å²) in [4.78, 5) is 0. The SMILES string of the molecule is IC1C=CC=C(OCC2CCCCC2)C1. The Bertz CT molecular complexity index is 251. The predicted molar refractivity (Wildman–Crippen MR) is 72.2 cm³/mol. The fourth-order valence-electron chi connectivity index (χ4n) is 2.30. The minimum atomic E-state index is 0.619. The molecule has 84 valence electrons. The van der Waals surface area contributed by atoms with Gasteiger partial charge in [0.1, 0.15) is 0 Å². The second kappa shape index (κ2) is 5.92.